The van der Waals surface area contributed by atoms with E-state index in [-0.39, 0.29) is 11.9 Å². The molecular weight excluding hydrogens is 402 g/mol. The standard InChI is InChI=1S/C25H33N5O2/c1-28(2)21-13-11-20(12-14-21)26-25(31)29-15-6-8-19(18-29)24-27-22(9-7-17-32-3)23-10-4-5-16-30(23)24/h4-5,10-14,16,19H,6-9,15,17-18H2,1-3H3,(H,26,31)/t19-/m1/s1. The van der Waals surface area contributed by atoms with Crippen LogP contribution < -0.4 is 10.2 Å². The minimum atomic E-state index is -0.0477. The molecule has 1 aliphatic heterocycles. The summed E-state index contributed by atoms with van der Waals surface area (Å²) in [7, 11) is 5.74. The Morgan fingerprint density at radius 3 is 2.78 bits per heavy atom. The highest BCUT2D eigenvalue weighted by Gasteiger charge is 2.28. The van der Waals surface area contributed by atoms with Crippen LogP contribution in [0.2, 0.25) is 0 Å². The smallest absolute Gasteiger partial charge is 0.321 e. The van der Waals surface area contributed by atoms with Gasteiger partial charge in [-0.15, -0.1) is 0 Å². The maximum atomic E-state index is 13.0. The number of aryl methyl sites for hydroxylation is 1. The molecule has 1 saturated heterocycles. The number of methoxy groups -OCH3 is 1. The predicted molar refractivity (Wildman–Crippen MR) is 129 cm³/mol. The summed E-state index contributed by atoms with van der Waals surface area (Å²) in [5.41, 5.74) is 4.18. The number of hydrogen-bond donors (Lipinski definition) is 1. The van der Waals surface area contributed by atoms with Crippen LogP contribution in [0.5, 0.6) is 0 Å². The molecule has 0 bridgehead atoms. The number of anilines is 2. The van der Waals surface area contributed by atoms with Gasteiger partial charge in [0.2, 0.25) is 0 Å². The van der Waals surface area contributed by atoms with Crippen molar-refractivity contribution in [3.05, 3.63) is 60.2 Å². The van der Waals surface area contributed by atoms with Crippen molar-refractivity contribution in [2.24, 2.45) is 0 Å². The van der Waals surface area contributed by atoms with Crippen LogP contribution in [0, 0.1) is 0 Å². The van der Waals surface area contributed by atoms with E-state index in [1.807, 2.05) is 54.2 Å². The first-order valence-corrected chi connectivity index (χ1v) is 11.3. The van der Waals surface area contributed by atoms with E-state index in [2.05, 4.69) is 28.0 Å². The lowest BCUT2D eigenvalue weighted by Crippen LogP contribution is -2.42. The highest BCUT2D eigenvalue weighted by molar-refractivity contribution is 5.89. The Morgan fingerprint density at radius 2 is 2.03 bits per heavy atom. The van der Waals surface area contributed by atoms with E-state index in [0.29, 0.717) is 6.54 Å². The van der Waals surface area contributed by atoms with Gasteiger partial charge in [0.05, 0.1) is 11.2 Å². The average Bonchev–Trinajstić information content (AvgIpc) is 3.18. The van der Waals surface area contributed by atoms with E-state index in [1.54, 1.807) is 7.11 Å². The Balaban J connectivity index is 1.47. The van der Waals surface area contributed by atoms with Crippen molar-refractivity contribution < 1.29 is 9.53 Å². The average molecular weight is 436 g/mol. The van der Waals surface area contributed by atoms with E-state index < -0.39 is 0 Å². The van der Waals surface area contributed by atoms with Gasteiger partial charge in [0, 0.05) is 64.4 Å². The number of nitrogens with zero attached hydrogens (tertiary/aromatic N) is 4. The summed E-state index contributed by atoms with van der Waals surface area (Å²) in [4.78, 5) is 22.0. The van der Waals surface area contributed by atoms with Gasteiger partial charge < -0.3 is 24.3 Å². The molecule has 1 N–H and O–H groups in total. The van der Waals surface area contributed by atoms with Gasteiger partial charge >= 0.3 is 6.03 Å². The number of rotatable bonds is 7. The second-order valence-electron chi connectivity index (χ2n) is 8.63. The van der Waals surface area contributed by atoms with E-state index in [1.165, 1.54) is 0 Å². The summed E-state index contributed by atoms with van der Waals surface area (Å²) in [6, 6.07) is 14.1. The molecule has 3 aromatic rings. The molecule has 1 aliphatic rings. The van der Waals surface area contributed by atoms with Gasteiger partial charge in [-0.1, -0.05) is 6.07 Å². The third-order valence-electron chi connectivity index (χ3n) is 6.12. The SMILES string of the molecule is COCCCc1nc([C@@H]2CCCN(C(=O)Nc3ccc(N(C)C)cc3)C2)n2ccccc12. The molecular formula is C25H33N5O2. The molecule has 2 amide bonds. The number of amides is 2. The number of pyridine rings is 1. The molecule has 0 spiro atoms. The first-order valence-electron chi connectivity index (χ1n) is 11.3. The minimum absolute atomic E-state index is 0.0477. The number of fused-ring (bicyclic) bond motifs is 1. The molecule has 0 aliphatic carbocycles. The number of carbonyl (C=O) groups is 1. The van der Waals surface area contributed by atoms with Crippen LogP contribution in [-0.2, 0) is 11.2 Å². The van der Waals surface area contributed by atoms with Gasteiger partial charge in [-0.05, 0) is 62.1 Å². The van der Waals surface area contributed by atoms with Crippen LogP contribution in [0.4, 0.5) is 16.2 Å². The lowest BCUT2D eigenvalue weighted by molar-refractivity contribution is 0.191. The summed E-state index contributed by atoms with van der Waals surface area (Å²) in [6.07, 6.45) is 5.93. The fraction of sp³-hybridized carbons (Fsp3) is 0.440. The van der Waals surface area contributed by atoms with Crippen LogP contribution in [-0.4, -0.2) is 61.2 Å². The zero-order chi connectivity index (χ0) is 22.5. The second-order valence-corrected chi connectivity index (χ2v) is 8.63. The molecule has 1 atom stereocenters. The maximum absolute atomic E-state index is 13.0. The monoisotopic (exact) mass is 435 g/mol. The van der Waals surface area contributed by atoms with Crippen molar-refractivity contribution >= 4 is 22.9 Å². The number of imidazole rings is 1. The van der Waals surface area contributed by atoms with Crippen LogP contribution in [0.3, 0.4) is 0 Å². The summed E-state index contributed by atoms with van der Waals surface area (Å²) < 4.78 is 7.42. The van der Waals surface area contributed by atoms with Gasteiger partial charge in [0.15, 0.2) is 0 Å². The van der Waals surface area contributed by atoms with Crippen molar-refractivity contribution in [1.29, 1.82) is 0 Å². The van der Waals surface area contributed by atoms with Crippen molar-refractivity contribution in [1.82, 2.24) is 14.3 Å². The van der Waals surface area contributed by atoms with Crippen molar-refractivity contribution in [3.8, 4) is 0 Å². The van der Waals surface area contributed by atoms with Crippen LogP contribution in [0.15, 0.2) is 48.7 Å². The van der Waals surface area contributed by atoms with E-state index in [9.17, 15) is 4.79 Å². The van der Waals surface area contributed by atoms with E-state index in [4.69, 9.17) is 9.72 Å². The topological polar surface area (TPSA) is 62.1 Å². The number of urea groups is 1. The normalized spacial score (nSPS) is 16.3. The van der Waals surface area contributed by atoms with Crippen LogP contribution in [0.25, 0.3) is 5.52 Å². The number of ether oxygens (including phenoxy) is 1. The molecule has 170 valence electrons. The third kappa shape index (κ3) is 4.88. The van der Waals surface area contributed by atoms with Crippen molar-refractivity contribution in [3.63, 3.8) is 0 Å². The summed E-state index contributed by atoms with van der Waals surface area (Å²) in [6.45, 7) is 2.17. The van der Waals surface area contributed by atoms with Crippen LogP contribution in [0.1, 0.15) is 36.7 Å². The highest BCUT2D eigenvalue weighted by Crippen LogP contribution is 2.29. The summed E-state index contributed by atoms with van der Waals surface area (Å²) >= 11 is 0. The van der Waals surface area contributed by atoms with Gasteiger partial charge in [-0.2, -0.15) is 0 Å². The third-order valence-corrected chi connectivity index (χ3v) is 6.12. The number of carbonyl (C=O) groups excluding carboxylic acids is 1. The Bertz CT molecular complexity index is 1040. The van der Waals surface area contributed by atoms with Crippen molar-refractivity contribution in [2.75, 3.05) is 51.1 Å². The van der Waals surface area contributed by atoms with Gasteiger partial charge in [0.25, 0.3) is 0 Å². The lowest BCUT2D eigenvalue weighted by Gasteiger charge is -2.32. The molecule has 1 fully saturated rings. The molecule has 32 heavy (non-hydrogen) atoms. The van der Waals surface area contributed by atoms with Gasteiger partial charge in [0.1, 0.15) is 5.82 Å². The fourth-order valence-corrected chi connectivity index (χ4v) is 4.40. The lowest BCUT2D eigenvalue weighted by atomic mass is 9.97. The van der Waals surface area contributed by atoms with Gasteiger partial charge in [-0.3, -0.25) is 0 Å². The maximum Gasteiger partial charge on any atom is 0.321 e. The Hall–Kier alpha value is -3.06. The molecule has 0 saturated carbocycles. The number of benzene rings is 1. The molecule has 1 aromatic carbocycles. The number of likely N-dealkylation sites (tertiary alicyclic amines) is 1. The number of aromatic nitrogens is 2. The Kier molecular flexibility index (Phi) is 6.95. The molecule has 0 unspecified atom stereocenters. The molecule has 7 heteroatoms. The number of nitrogens with one attached hydrogen (secondary N) is 1. The summed E-state index contributed by atoms with van der Waals surface area (Å²) in [5.74, 6) is 1.28. The molecule has 3 heterocycles. The van der Waals surface area contributed by atoms with Gasteiger partial charge in [-0.25, -0.2) is 9.78 Å². The quantitative estimate of drug-likeness (QED) is 0.559. The summed E-state index contributed by atoms with van der Waals surface area (Å²) in [5, 5.41) is 3.05. The highest BCUT2D eigenvalue weighted by atomic mass is 16.5. The predicted octanol–water partition coefficient (Wildman–Crippen LogP) is 4.39. The molecule has 7 nitrogen and oxygen atoms in total. The number of hydrogen-bond acceptors (Lipinski definition) is 4. The fourth-order valence-electron chi connectivity index (χ4n) is 4.40. The second kappa shape index (κ2) is 10.0. The Morgan fingerprint density at radius 1 is 1.22 bits per heavy atom. The molecule has 4 rings (SSSR count). The number of piperidine rings is 1. The first kappa shape index (κ1) is 22.1. The molecule has 2 aromatic heterocycles. The minimum Gasteiger partial charge on any atom is -0.385 e. The zero-order valence-corrected chi connectivity index (χ0v) is 19.3. The molecule has 0 radical (unpaired) electrons. The zero-order valence-electron chi connectivity index (χ0n) is 19.3. The van der Waals surface area contributed by atoms with Crippen LogP contribution >= 0.6 is 0 Å². The largest absolute Gasteiger partial charge is 0.385 e. The first-order chi connectivity index (χ1) is 15.6. The van der Waals surface area contributed by atoms with E-state index in [0.717, 1.165) is 67.2 Å². The van der Waals surface area contributed by atoms with E-state index >= 15 is 0 Å². The Labute approximate surface area is 190 Å². The van der Waals surface area contributed by atoms with Crippen molar-refractivity contribution in [2.45, 2.75) is 31.6 Å².